The quantitative estimate of drug-likeness (QED) is 0.770. The zero-order chi connectivity index (χ0) is 10.2. The molecule has 1 aliphatic heterocycles. The van der Waals surface area contributed by atoms with Gasteiger partial charge in [-0.25, -0.2) is 4.98 Å². The lowest BCUT2D eigenvalue weighted by molar-refractivity contribution is 0.0663. The van der Waals surface area contributed by atoms with E-state index in [-0.39, 0.29) is 0 Å². The summed E-state index contributed by atoms with van der Waals surface area (Å²) in [6, 6.07) is 1.70. The van der Waals surface area contributed by atoms with Crippen LogP contribution < -0.4 is 5.73 Å². The van der Waals surface area contributed by atoms with E-state index in [2.05, 4.69) is 4.98 Å². The Balaban J connectivity index is 2.44. The number of nitrogens with zero attached hydrogens (tertiary/aromatic N) is 1. The second-order valence-electron chi connectivity index (χ2n) is 3.42. The second-order valence-corrected chi connectivity index (χ2v) is 4.96. The number of nitrogen functional groups attached to an aromatic ring is 1. The number of hydrogen-bond donors (Lipinski definition) is 2. The molecule has 1 aliphatic rings. The van der Waals surface area contributed by atoms with E-state index < -0.39 is 5.60 Å². The van der Waals surface area contributed by atoms with Crippen LogP contribution in [0.15, 0.2) is 12.3 Å². The third kappa shape index (κ3) is 1.69. The van der Waals surface area contributed by atoms with Gasteiger partial charge in [0, 0.05) is 17.5 Å². The van der Waals surface area contributed by atoms with E-state index >= 15 is 0 Å². The predicted octanol–water partition coefficient (Wildman–Crippen LogP) is 1.64. The van der Waals surface area contributed by atoms with Crippen molar-refractivity contribution in [1.82, 2.24) is 4.98 Å². The molecule has 0 saturated carbocycles. The highest BCUT2D eigenvalue weighted by molar-refractivity contribution is 7.99. The molecule has 14 heavy (non-hydrogen) atoms. The number of anilines is 1. The van der Waals surface area contributed by atoms with Gasteiger partial charge in [-0.2, -0.15) is 11.8 Å². The molecule has 1 atom stereocenters. The van der Waals surface area contributed by atoms with E-state index in [1.54, 1.807) is 17.8 Å². The lowest BCUT2D eigenvalue weighted by Crippen LogP contribution is -2.26. The Bertz CT molecular complexity index is 353. The van der Waals surface area contributed by atoms with Gasteiger partial charge in [-0.3, -0.25) is 0 Å². The van der Waals surface area contributed by atoms with Crippen molar-refractivity contribution < 1.29 is 5.11 Å². The topological polar surface area (TPSA) is 59.1 Å². The van der Waals surface area contributed by atoms with Gasteiger partial charge in [0.05, 0.1) is 5.02 Å². The molecule has 0 bridgehead atoms. The molecule has 1 fully saturated rings. The van der Waals surface area contributed by atoms with Crippen molar-refractivity contribution >= 4 is 29.2 Å². The summed E-state index contributed by atoms with van der Waals surface area (Å²) in [5.74, 6) is 1.99. The molecular weight excluding hydrogens is 220 g/mol. The summed E-state index contributed by atoms with van der Waals surface area (Å²) in [5, 5.41) is 10.8. The number of nitrogens with two attached hydrogens (primary N) is 1. The van der Waals surface area contributed by atoms with Crippen LogP contribution in [0.3, 0.4) is 0 Å². The van der Waals surface area contributed by atoms with E-state index in [0.717, 1.165) is 5.75 Å². The largest absolute Gasteiger partial charge is 0.384 e. The Labute approximate surface area is 91.7 Å². The summed E-state index contributed by atoms with van der Waals surface area (Å²) in [7, 11) is 0. The summed E-state index contributed by atoms with van der Waals surface area (Å²) in [5.41, 5.74) is 5.54. The van der Waals surface area contributed by atoms with Crippen molar-refractivity contribution in [2.75, 3.05) is 17.2 Å². The number of thioether (sulfide) groups is 1. The van der Waals surface area contributed by atoms with Crippen LogP contribution in [0, 0.1) is 0 Å². The average Bonchev–Trinajstić information content (AvgIpc) is 2.58. The molecule has 1 unspecified atom stereocenters. The minimum Gasteiger partial charge on any atom is -0.384 e. The van der Waals surface area contributed by atoms with Crippen LogP contribution in [0.2, 0.25) is 5.02 Å². The third-order valence-electron chi connectivity index (χ3n) is 2.39. The third-order valence-corrected chi connectivity index (χ3v) is 3.77. The van der Waals surface area contributed by atoms with Crippen molar-refractivity contribution in [2.24, 2.45) is 0 Å². The van der Waals surface area contributed by atoms with Crippen molar-refractivity contribution in [2.45, 2.75) is 12.0 Å². The maximum Gasteiger partial charge on any atom is 0.129 e. The molecule has 3 nitrogen and oxygen atoms in total. The van der Waals surface area contributed by atoms with Gasteiger partial charge in [0.25, 0.3) is 0 Å². The fourth-order valence-corrected chi connectivity index (χ4v) is 3.01. The fourth-order valence-electron chi connectivity index (χ4n) is 1.59. The first-order valence-corrected chi connectivity index (χ1v) is 5.87. The van der Waals surface area contributed by atoms with Crippen LogP contribution in [0.5, 0.6) is 0 Å². The van der Waals surface area contributed by atoms with Crippen LogP contribution in [0.1, 0.15) is 12.0 Å². The molecule has 2 rings (SSSR count). The van der Waals surface area contributed by atoms with Crippen LogP contribution in [0.4, 0.5) is 5.82 Å². The molecule has 5 heteroatoms. The molecule has 76 valence electrons. The second kappa shape index (κ2) is 3.61. The summed E-state index contributed by atoms with van der Waals surface area (Å²) in [4.78, 5) is 3.95. The molecule has 1 saturated heterocycles. The van der Waals surface area contributed by atoms with Gasteiger partial charge in [0.1, 0.15) is 11.4 Å². The smallest absolute Gasteiger partial charge is 0.129 e. The molecule has 0 aliphatic carbocycles. The van der Waals surface area contributed by atoms with Crippen molar-refractivity contribution in [1.29, 1.82) is 0 Å². The number of halogens is 1. The van der Waals surface area contributed by atoms with Gasteiger partial charge in [0.2, 0.25) is 0 Å². The summed E-state index contributed by atoms with van der Waals surface area (Å²) in [6.07, 6.45) is 2.20. The summed E-state index contributed by atoms with van der Waals surface area (Å²) >= 11 is 7.54. The minimum atomic E-state index is -0.841. The highest BCUT2D eigenvalue weighted by Crippen LogP contribution is 2.39. The molecular formula is C9H11ClN2OS. The summed E-state index contributed by atoms with van der Waals surface area (Å²) < 4.78 is 0. The summed E-state index contributed by atoms with van der Waals surface area (Å²) in [6.45, 7) is 0. The number of rotatable bonds is 1. The van der Waals surface area contributed by atoms with Crippen LogP contribution in [-0.2, 0) is 5.60 Å². The lowest BCUT2D eigenvalue weighted by atomic mass is 9.94. The number of aliphatic hydroxyl groups is 1. The Morgan fingerprint density at radius 1 is 1.64 bits per heavy atom. The van der Waals surface area contributed by atoms with E-state index in [1.165, 1.54) is 6.20 Å². The van der Waals surface area contributed by atoms with E-state index in [1.807, 2.05) is 0 Å². The minimum absolute atomic E-state index is 0.374. The fraction of sp³-hybridized carbons (Fsp3) is 0.444. The van der Waals surface area contributed by atoms with Crippen LogP contribution >= 0.6 is 23.4 Å². The molecule has 0 aromatic carbocycles. The first-order chi connectivity index (χ1) is 6.62. The number of pyridine rings is 1. The van der Waals surface area contributed by atoms with Crippen molar-refractivity contribution in [3.05, 3.63) is 22.8 Å². The molecule has 3 N–H and O–H groups in total. The van der Waals surface area contributed by atoms with Gasteiger partial charge in [0.15, 0.2) is 0 Å². The highest BCUT2D eigenvalue weighted by atomic mass is 35.5. The molecule has 0 spiro atoms. The standard InChI is InChI=1S/C9H11ClN2OS/c10-6-3-7(8(11)12-4-6)9(13)1-2-14-5-9/h3-4,13H,1-2,5H2,(H2,11,12). The SMILES string of the molecule is Nc1ncc(Cl)cc1C1(O)CCSC1. The van der Waals surface area contributed by atoms with E-state index in [0.29, 0.717) is 28.6 Å². The van der Waals surface area contributed by atoms with Crippen molar-refractivity contribution in [3.8, 4) is 0 Å². The van der Waals surface area contributed by atoms with Gasteiger partial charge >= 0.3 is 0 Å². The Morgan fingerprint density at radius 3 is 3.07 bits per heavy atom. The predicted molar refractivity (Wildman–Crippen MR) is 59.5 cm³/mol. The van der Waals surface area contributed by atoms with Crippen LogP contribution in [0.25, 0.3) is 0 Å². The maximum atomic E-state index is 10.3. The van der Waals surface area contributed by atoms with E-state index in [9.17, 15) is 5.11 Å². The van der Waals surface area contributed by atoms with Gasteiger partial charge in [-0.05, 0) is 18.2 Å². The number of hydrogen-bond acceptors (Lipinski definition) is 4. The molecule has 0 amide bonds. The van der Waals surface area contributed by atoms with Crippen molar-refractivity contribution in [3.63, 3.8) is 0 Å². The van der Waals surface area contributed by atoms with Gasteiger partial charge in [-0.15, -0.1) is 0 Å². The monoisotopic (exact) mass is 230 g/mol. The van der Waals surface area contributed by atoms with Gasteiger partial charge < -0.3 is 10.8 Å². The average molecular weight is 231 g/mol. The number of aromatic nitrogens is 1. The van der Waals surface area contributed by atoms with Gasteiger partial charge in [-0.1, -0.05) is 11.6 Å². The van der Waals surface area contributed by atoms with Crippen LogP contribution in [-0.4, -0.2) is 21.6 Å². The molecule has 2 heterocycles. The lowest BCUT2D eigenvalue weighted by Gasteiger charge is -2.22. The molecule has 0 radical (unpaired) electrons. The first-order valence-electron chi connectivity index (χ1n) is 4.33. The Kier molecular flexibility index (Phi) is 2.60. The molecule has 1 aromatic heterocycles. The zero-order valence-electron chi connectivity index (χ0n) is 7.53. The van der Waals surface area contributed by atoms with E-state index in [4.69, 9.17) is 17.3 Å². The Hall–Kier alpha value is -0.450. The normalized spacial score (nSPS) is 26.7. The Morgan fingerprint density at radius 2 is 2.43 bits per heavy atom. The highest BCUT2D eigenvalue weighted by Gasteiger charge is 2.35. The zero-order valence-corrected chi connectivity index (χ0v) is 9.11. The first kappa shape index (κ1) is 10.1. The molecule has 1 aromatic rings. The maximum absolute atomic E-state index is 10.3.